The molecule has 0 aliphatic carbocycles. The summed E-state index contributed by atoms with van der Waals surface area (Å²) >= 11 is 0. The van der Waals surface area contributed by atoms with E-state index in [1.807, 2.05) is 13.8 Å². The van der Waals surface area contributed by atoms with Crippen LogP contribution in [0, 0.1) is 5.92 Å². The molecule has 0 aliphatic rings. The zero-order valence-electron chi connectivity index (χ0n) is 13.5. The van der Waals surface area contributed by atoms with Crippen molar-refractivity contribution in [3.05, 3.63) is 53.9 Å². The Labute approximate surface area is 139 Å². The van der Waals surface area contributed by atoms with Gasteiger partial charge in [0, 0.05) is 22.6 Å². The van der Waals surface area contributed by atoms with Crippen LogP contribution in [0.2, 0.25) is 0 Å². The van der Waals surface area contributed by atoms with Crippen molar-refractivity contribution in [2.75, 3.05) is 11.1 Å². The van der Waals surface area contributed by atoms with Gasteiger partial charge in [0.15, 0.2) is 5.78 Å². The van der Waals surface area contributed by atoms with Crippen LogP contribution in [0.25, 0.3) is 10.9 Å². The van der Waals surface area contributed by atoms with E-state index in [1.165, 1.54) is 0 Å². The third kappa shape index (κ3) is 3.12. The highest BCUT2D eigenvalue weighted by Gasteiger charge is 2.14. The number of rotatable bonds is 4. The largest absolute Gasteiger partial charge is 0.399 e. The molecule has 6 heteroatoms. The standard InChI is InChI=1S/C18H18N4O2/c1-10(2)17(23)14-7-12-8-16(20-9-15(12)21-14)22-18(24)11-3-5-13(19)6-4-11/h3-10,21H,19H2,1-2H3,(H,20,22,24). The van der Waals surface area contributed by atoms with Crippen molar-refractivity contribution < 1.29 is 9.59 Å². The number of H-pyrrole nitrogens is 1. The smallest absolute Gasteiger partial charge is 0.256 e. The number of anilines is 2. The van der Waals surface area contributed by atoms with Gasteiger partial charge in [-0.15, -0.1) is 0 Å². The maximum Gasteiger partial charge on any atom is 0.256 e. The Hall–Kier alpha value is -3.15. The summed E-state index contributed by atoms with van der Waals surface area (Å²) < 4.78 is 0. The Morgan fingerprint density at radius 3 is 2.54 bits per heavy atom. The van der Waals surface area contributed by atoms with Gasteiger partial charge >= 0.3 is 0 Å². The average Bonchev–Trinajstić information content (AvgIpc) is 2.97. The molecule has 2 heterocycles. The van der Waals surface area contributed by atoms with Crippen LogP contribution in [0.3, 0.4) is 0 Å². The van der Waals surface area contributed by atoms with Crippen LogP contribution in [0.15, 0.2) is 42.6 Å². The van der Waals surface area contributed by atoms with Crippen LogP contribution in [0.4, 0.5) is 11.5 Å². The van der Waals surface area contributed by atoms with Gasteiger partial charge in [-0.05, 0) is 36.4 Å². The number of fused-ring (bicyclic) bond motifs is 1. The van der Waals surface area contributed by atoms with Crippen LogP contribution in [-0.2, 0) is 0 Å². The minimum Gasteiger partial charge on any atom is -0.399 e. The first-order chi connectivity index (χ1) is 11.4. The van der Waals surface area contributed by atoms with Gasteiger partial charge in [0.05, 0.1) is 17.4 Å². The van der Waals surface area contributed by atoms with Crippen molar-refractivity contribution in [2.45, 2.75) is 13.8 Å². The van der Waals surface area contributed by atoms with Crippen LogP contribution in [0.5, 0.6) is 0 Å². The fraction of sp³-hybridized carbons (Fsp3) is 0.167. The van der Waals surface area contributed by atoms with Crippen molar-refractivity contribution in [3.63, 3.8) is 0 Å². The van der Waals surface area contributed by atoms with Crippen molar-refractivity contribution >= 4 is 34.1 Å². The number of benzene rings is 1. The molecule has 6 nitrogen and oxygen atoms in total. The fourth-order valence-corrected chi connectivity index (χ4v) is 2.37. The number of Topliss-reactive ketones (excluding diaryl/α,β-unsaturated/α-hetero) is 1. The van der Waals surface area contributed by atoms with Crippen molar-refractivity contribution in [3.8, 4) is 0 Å². The first-order valence-electron chi connectivity index (χ1n) is 7.64. The molecule has 2 aromatic heterocycles. The molecule has 4 N–H and O–H groups in total. The predicted molar refractivity (Wildman–Crippen MR) is 94.1 cm³/mol. The minimum atomic E-state index is -0.268. The number of hydrogen-bond acceptors (Lipinski definition) is 4. The second kappa shape index (κ2) is 6.16. The fourth-order valence-electron chi connectivity index (χ4n) is 2.37. The molecule has 0 fully saturated rings. The van der Waals surface area contributed by atoms with Crippen molar-refractivity contribution in [1.82, 2.24) is 9.97 Å². The van der Waals surface area contributed by atoms with Gasteiger partial charge in [-0.3, -0.25) is 9.59 Å². The average molecular weight is 322 g/mol. The van der Waals surface area contributed by atoms with E-state index in [9.17, 15) is 9.59 Å². The summed E-state index contributed by atoms with van der Waals surface area (Å²) in [5, 5.41) is 3.56. The monoisotopic (exact) mass is 322 g/mol. The number of nitrogens with one attached hydrogen (secondary N) is 2. The third-order valence-electron chi connectivity index (χ3n) is 3.71. The summed E-state index contributed by atoms with van der Waals surface area (Å²) in [7, 11) is 0. The van der Waals surface area contributed by atoms with Gasteiger partial charge < -0.3 is 16.0 Å². The van der Waals surface area contributed by atoms with Gasteiger partial charge in [0.25, 0.3) is 5.91 Å². The molecule has 1 aromatic carbocycles. The number of hydrogen-bond donors (Lipinski definition) is 3. The van der Waals surface area contributed by atoms with Crippen LogP contribution in [-0.4, -0.2) is 21.7 Å². The molecule has 0 spiro atoms. The van der Waals surface area contributed by atoms with E-state index >= 15 is 0 Å². The molecule has 122 valence electrons. The molecule has 3 aromatic rings. The summed E-state index contributed by atoms with van der Waals surface area (Å²) in [5.74, 6) is 0.108. The highest BCUT2D eigenvalue weighted by Crippen LogP contribution is 2.20. The third-order valence-corrected chi connectivity index (χ3v) is 3.71. The second-order valence-electron chi connectivity index (χ2n) is 5.93. The lowest BCUT2D eigenvalue weighted by Crippen LogP contribution is -2.12. The number of nitrogens with two attached hydrogens (primary N) is 1. The SMILES string of the molecule is CC(C)C(=O)c1cc2cc(NC(=O)c3ccc(N)cc3)ncc2[nH]1. The molecule has 0 bridgehead atoms. The molecule has 24 heavy (non-hydrogen) atoms. The summed E-state index contributed by atoms with van der Waals surface area (Å²) in [6.45, 7) is 3.70. The topological polar surface area (TPSA) is 101 Å². The molecule has 0 saturated carbocycles. The number of aromatic nitrogens is 2. The summed E-state index contributed by atoms with van der Waals surface area (Å²) in [6.07, 6.45) is 1.60. The number of pyridine rings is 1. The number of nitrogens with zero attached hydrogens (tertiary/aromatic N) is 1. The minimum absolute atomic E-state index is 0.0404. The highest BCUT2D eigenvalue weighted by molar-refractivity contribution is 6.05. The van der Waals surface area contributed by atoms with Crippen molar-refractivity contribution in [2.24, 2.45) is 5.92 Å². The summed E-state index contributed by atoms with van der Waals surface area (Å²) in [4.78, 5) is 31.5. The Morgan fingerprint density at radius 1 is 1.17 bits per heavy atom. The van der Waals surface area contributed by atoms with Crippen molar-refractivity contribution in [1.29, 1.82) is 0 Å². The Bertz CT molecular complexity index is 910. The summed E-state index contributed by atoms with van der Waals surface area (Å²) in [6, 6.07) is 10.1. The predicted octanol–water partition coefficient (Wildman–Crippen LogP) is 3.24. The van der Waals surface area contributed by atoms with Gasteiger partial charge in [-0.1, -0.05) is 13.8 Å². The molecular weight excluding hydrogens is 304 g/mol. The molecule has 3 rings (SSSR count). The number of carbonyl (C=O) groups is 2. The molecule has 0 atom stereocenters. The van der Waals surface area contributed by atoms with E-state index < -0.39 is 0 Å². The van der Waals surface area contributed by atoms with Crippen LogP contribution < -0.4 is 11.1 Å². The Kier molecular flexibility index (Phi) is 4.04. The number of ketones is 1. The molecule has 0 unspecified atom stereocenters. The Morgan fingerprint density at radius 2 is 1.88 bits per heavy atom. The quantitative estimate of drug-likeness (QED) is 0.507. The lowest BCUT2D eigenvalue weighted by Gasteiger charge is -2.04. The van der Waals surface area contributed by atoms with E-state index in [1.54, 1.807) is 42.6 Å². The maximum atomic E-state index is 12.2. The van der Waals surface area contributed by atoms with Gasteiger partial charge in [0.1, 0.15) is 5.82 Å². The van der Waals surface area contributed by atoms with Gasteiger partial charge in [-0.25, -0.2) is 4.98 Å². The first-order valence-corrected chi connectivity index (χ1v) is 7.64. The molecule has 0 aliphatic heterocycles. The molecular formula is C18H18N4O2. The normalized spacial score (nSPS) is 11.0. The lowest BCUT2D eigenvalue weighted by molar-refractivity contribution is 0.0934. The van der Waals surface area contributed by atoms with E-state index in [4.69, 9.17) is 5.73 Å². The van der Waals surface area contributed by atoms with E-state index in [0.717, 1.165) is 10.9 Å². The van der Waals surface area contributed by atoms with Gasteiger partial charge in [-0.2, -0.15) is 0 Å². The number of amides is 1. The van der Waals surface area contributed by atoms with Crippen LogP contribution in [0.1, 0.15) is 34.7 Å². The maximum absolute atomic E-state index is 12.2. The highest BCUT2D eigenvalue weighted by atomic mass is 16.1. The molecule has 0 radical (unpaired) electrons. The lowest BCUT2D eigenvalue weighted by atomic mass is 10.1. The van der Waals surface area contributed by atoms with E-state index in [2.05, 4.69) is 15.3 Å². The second-order valence-corrected chi connectivity index (χ2v) is 5.93. The number of aromatic amines is 1. The zero-order chi connectivity index (χ0) is 17.3. The Balaban J connectivity index is 1.84. The summed E-state index contributed by atoms with van der Waals surface area (Å²) in [5.41, 5.74) is 8.01. The number of carbonyl (C=O) groups excluding carboxylic acids is 2. The molecule has 0 saturated heterocycles. The van der Waals surface area contributed by atoms with E-state index in [0.29, 0.717) is 22.8 Å². The van der Waals surface area contributed by atoms with E-state index in [-0.39, 0.29) is 17.6 Å². The first kappa shape index (κ1) is 15.7. The van der Waals surface area contributed by atoms with Crippen LogP contribution >= 0.6 is 0 Å². The zero-order valence-corrected chi connectivity index (χ0v) is 13.5. The number of nitrogen functional groups attached to an aromatic ring is 1. The molecule has 1 amide bonds. The van der Waals surface area contributed by atoms with Gasteiger partial charge in [0.2, 0.25) is 0 Å².